The van der Waals surface area contributed by atoms with Crippen molar-refractivity contribution < 1.29 is 22.0 Å². The van der Waals surface area contributed by atoms with Crippen LogP contribution in [-0.2, 0) is 29.1 Å². The summed E-state index contributed by atoms with van der Waals surface area (Å²) in [7, 11) is -2.11. The Morgan fingerprint density at radius 1 is 1.12 bits per heavy atom. The lowest BCUT2D eigenvalue weighted by Crippen LogP contribution is -2.11. The summed E-state index contributed by atoms with van der Waals surface area (Å²) in [5.41, 5.74) is 5.06. The van der Waals surface area contributed by atoms with Gasteiger partial charge in [-0.3, -0.25) is 4.98 Å². The molecule has 256 valence electrons. The number of nitrogens with zero attached hydrogens (tertiary/aromatic N) is 3. The van der Waals surface area contributed by atoms with E-state index in [9.17, 15) is 17.6 Å². The number of aryl methyl sites for hydroxylation is 2. The molecule has 0 saturated carbocycles. The molecule has 0 fully saturated rings. The van der Waals surface area contributed by atoms with Crippen LogP contribution in [0.15, 0.2) is 74.9 Å². The molecule has 1 aliphatic carbocycles. The molecular weight excluding hydrogens is 678 g/mol. The molecular formula is C37H34FN5O5S2. The number of thiophene rings is 1. The number of methoxy groups -OCH3 is 1. The largest absolute Gasteiger partial charge is 0.496 e. The average molecular weight is 712 g/mol. The Morgan fingerprint density at radius 3 is 2.68 bits per heavy atom. The van der Waals surface area contributed by atoms with E-state index in [1.54, 1.807) is 25.4 Å². The van der Waals surface area contributed by atoms with E-state index in [1.165, 1.54) is 34.6 Å². The highest BCUT2D eigenvalue weighted by atomic mass is 32.2. The van der Waals surface area contributed by atoms with Crippen molar-refractivity contribution in [2.45, 2.75) is 56.4 Å². The number of rotatable bonds is 9. The number of sulfone groups is 1. The van der Waals surface area contributed by atoms with Gasteiger partial charge in [0.05, 0.1) is 45.5 Å². The van der Waals surface area contributed by atoms with E-state index in [0.29, 0.717) is 46.1 Å². The lowest BCUT2D eigenvalue weighted by Gasteiger charge is -2.18. The van der Waals surface area contributed by atoms with E-state index < -0.39 is 15.6 Å². The predicted molar refractivity (Wildman–Crippen MR) is 190 cm³/mol. The van der Waals surface area contributed by atoms with Gasteiger partial charge in [-0.05, 0) is 84.0 Å². The Morgan fingerprint density at radius 2 is 1.94 bits per heavy atom. The Balaban J connectivity index is 1.31. The molecule has 0 saturated heterocycles. The second-order valence-electron chi connectivity index (χ2n) is 13.2. The zero-order chi connectivity index (χ0) is 34.7. The fraction of sp³-hybridized carbons (Fsp3) is 0.297. The van der Waals surface area contributed by atoms with Gasteiger partial charge in [0.2, 0.25) is 0 Å². The van der Waals surface area contributed by atoms with Crippen molar-refractivity contribution >= 4 is 37.1 Å². The van der Waals surface area contributed by atoms with Crippen LogP contribution in [0.1, 0.15) is 60.3 Å². The zero-order valence-corrected chi connectivity index (χ0v) is 29.3. The fourth-order valence-electron chi connectivity index (χ4n) is 7.33. The molecule has 0 unspecified atom stereocenters. The highest BCUT2D eigenvalue weighted by Gasteiger charge is 2.43. The van der Waals surface area contributed by atoms with Gasteiger partial charge in [0.15, 0.2) is 9.84 Å². The van der Waals surface area contributed by atoms with Crippen LogP contribution in [-0.4, -0.2) is 41.4 Å². The number of halogens is 1. The Bertz CT molecular complexity index is 2440. The summed E-state index contributed by atoms with van der Waals surface area (Å²) in [5.74, 6) is 0.0268. The summed E-state index contributed by atoms with van der Waals surface area (Å²) in [5, 5.41) is 11.1. The van der Waals surface area contributed by atoms with Gasteiger partial charge in [0.25, 0.3) is 5.89 Å². The number of aromatic nitrogens is 4. The minimum atomic E-state index is -3.80. The molecule has 0 bridgehead atoms. The van der Waals surface area contributed by atoms with Crippen LogP contribution in [0, 0.1) is 11.7 Å². The fourth-order valence-corrected chi connectivity index (χ4v) is 10.8. The third-order valence-corrected chi connectivity index (χ3v) is 12.8. The minimum Gasteiger partial charge on any atom is -0.496 e. The minimum absolute atomic E-state index is 0.000753. The molecule has 6 aromatic rings. The standard InChI is InChI=1S/C37H34FN5O5S2/c1-19(2)25-18-50(45,46)34-31(30(36-42-43-37(44)48-36)27(40-32(25)34)13-9-20-7-10-22(38)11-8-20)29-17-21-15-16-39-35(33(21)49-29)41-26-14-12-24-23(26)5-4-6-28(24)47-3/h4-8,10-11,15-17,19,25-26H,9,12-14,18H2,1-3H3,(H,39,41)(H,43,44)/t25-,26+/m1/s1. The van der Waals surface area contributed by atoms with Crippen LogP contribution in [0.4, 0.5) is 10.2 Å². The predicted octanol–water partition coefficient (Wildman–Crippen LogP) is 7.26. The van der Waals surface area contributed by atoms with Gasteiger partial charge in [-0.2, -0.15) is 0 Å². The molecule has 50 heavy (non-hydrogen) atoms. The first kappa shape index (κ1) is 32.3. The number of ether oxygens (including phenoxy) is 1. The molecule has 2 N–H and O–H groups in total. The maximum absolute atomic E-state index is 14.1. The molecule has 2 aliphatic rings. The third kappa shape index (κ3) is 5.58. The van der Waals surface area contributed by atoms with E-state index >= 15 is 0 Å². The van der Waals surface area contributed by atoms with Crippen LogP contribution < -0.4 is 15.8 Å². The molecule has 5 heterocycles. The number of pyridine rings is 2. The average Bonchev–Trinajstić information content (AvgIpc) is 3.89. The van der Waals surface area contributed by atoms with E-state index in [1.807, 2.05) is 38.1 Å². The molecule has 0 amide bonds. The second kappa shape index (κ2) is 12.5. The van der Waals surface area contributed by atoms with Gasteiger partial charge in [-0.15, -0.1) is 16.4 Å². The molecule has 0 radical (unpaired) electrons. The first-order chi connectivity index (χ1) is 24.1. The highest BCUT2D eigenvalue weighted by Crippen LogP contribution is 2.51. The molecule has 2 atom stereocenters. The number of hydrogen-bond acceptors (Lipinski definition) is 10. The summed E-state index contributed by atoms with van der Waals surface area (Å²) in [6, 6.07) is 16.2. The molecule has 2 aromatic carbocycles. The van der Waals surface area contributed by atoms with Gasteiger partial charge in [0, 0.05) is 22.6 Å². The van der Waals surface area contributed by atoms with Crippen molar-refractivity contribution in [2.75, 3.05) is 18.2 Å². The highest BCUT2D eigenvalue weighted by molar-refractivity contribution is 7.92. The van der Waals surface area contributed by atoms with Crippen molar-refractivity contribution in [1.82, 2.24) is 20.2 Å². The summed E-state index contributed by atoms with van der Waals surface area (Å²) >= 11 is 1.42. The zero-order valence-electron chi connectivity index (χ0n) is 27.6. The van der Waals surface area contributed by atoms with Gasteiger partial charge in [-0.1, -0.05) is 38.1 Å². The number of aromatic amines is 1. The summed E-state index contributed by atoms with van der Waals surface area (Å²) in [4.78, 5) is 22.9. The Labute approximate surface area is 291 Å². The SMILES string of the molecule is COc1cccc2c1CC[C@@H]2Nc1nccc2cc(-c3c(-c4n[nH]c(=O)o4)c(CCc4ccc(F)cc4)nc4c3S(=O)(=O)C[C@@H]4C(C)C)sc12. The summed E-state index contributed by atoms with van der Waals surface area (Å²) < 4.78 is 54.0. The lowest BCUT2D eigenvalue weighted by atomic mass is 9.90. The Kier molecular flexibility index (Phi) is 8.06. The first-order valence-corrected chi connectivity index (χ1v) is 19.0. The van der Waals surface area contributed by atoms with Crippen molar-refractivity contribution in [3.63, 3.8) is 0 Å². The normalized spacial score (nSPS) is 17.7. The van der Waals surface area contributed by atoms with Crippen molar-refractivity contribution in [3.05, 3.63) is 105 Å². The first-order valence-electron chi connectivity index (χ1n) is 16.5. The van der Waals surface area contributed by atoms with Crippen LogP contribution in [0.5, 0.6) is 5.75 Å². The van der Waals surface area contributed by atoms with E-state index in [-0.39, 0.29) is 40.2 Å². The number of fused-ring (bicyclic) bond motifs is 3. The van der Waals surface area contributed by atoms with E-state index in [4.69, 9.17) is 19.1 Å². The Hall–Kier alpha value is -4.88. The maximum atomic E-state index is 14.1. The van der Waals surface area contributed by atoms with Crippen LogP contribution >= 0.6 is 11.3 Å². The lowest BCUT2D eigenvalue weighted by molar-refractivity contribution is 0.410. The molecule has 1 aliphatic heterocycles. The van der Waals surface area contributed by atoms with E-state index in [0.717, 1.165) is 34.2 Å². The summed E-state index contributed by atoms with van der Waals surface area (Å²) in [6.45, 7) is 3.99. The smallest absolute Gasteiger partial charge is 0.434 e. The number of benzene rings is 2. The molecule has 4 aromatic heterocycles. The van der Waals surface area contributed by atoms with Crippen LogP contribution in [0.2, 0.25) is 0 Å². The number of hydrogen-bond donors (Lipinski definition) is 2. The van der Waals surface area contributed by atoms with Gasteiger partial charge < -0.3 is 14.5 Å². The van der Waals surface area contributed by atoms with Crippen LogP contribution in [0.25, 0.3) is 32.0 Å². The molecule has 0 spiro atoms. The second-order valence-corrected chi connectivity index (χ2v) is 16.2. The van der Waals surface area contributed by atoms with Crippen molar-refractivity contribution in [3.8, 4) is 27.6 Å². The molecule has 13 heteroatoms. The number of nitrogens with one attached hydrogen (secondary N) is 2. The van der Waals surface area contributed by atoms with Gasteiger partial charge in [0.1, 0.15) is 17.4 Å². The molecule has 10 nitrogen and oxygen atoms in total. The van der Waals surface area contributed by atoms with Gasteiger partial charge >= 0.3 is 5.76 Å². The summed E-state index contributed by atoms with van der Waals surface area (Å²) in [6.07, 6.45) is 4.35. The van der Waals surface area contributed by atoms with Crippen molar-refractivity contribution in [1.29, 1.82) is 0 Å². The number of anilines is 1. The third-order valence-electron chi connectivity index (χ3n) is 9.77. The maximum Gasteiger partial charge on any atom is 0.434 e. The topological polar surface area (TPSA) is 140 Å². The molecule has 8 rings (SSSR count). The monoisotopic (exact) mass is 711 g/mol. The quantitative estimate of drug-likeness (QED) is 0.159. The van der Waals surface area contributed by atoms with Gasteiger partial charge in [-0.25, -0.2) is 27.7 Å². The van der Waals surface area contributed by atoms with Crippen molar-refractivity contribution in [2.24, 2.45) is 5.92 Å². The van der Waals surface area contributed by atoms with E-state index in [2.05, 4.69) is 21.6 Å². The number of H-pyrrole nitrogens is 1. The van der Waals surface area contributed by atoms with Crippen LogP contribution in [0.3, 0.4) is 0 Å².